The minimum atomic E-state index is -1.44. The standard InChI is InChI=1S/2C12H14N2O5.Co.2Cu.12H2O/c2*1-19-9-3-2-8(10(15)4-9)5-13-6-11(16)14-7-12(17)18;;;;;;;;;;;;;;;/h2*2-5,15H,6-7H2,1H3,(H,14,16)(H,17,18);;;;12*1H2/q;;3*+2;;;;;;;;;;;;. The van der Waals surface area contributed by atoms with E-state index in [4.69, 9.17) is 9.47 Å². The number of carbonyl (C=O) groups excluding carboxylic acids is 2. The van der Waals surface area contributed by atoms with Gasteiger partial charge in [0.15, 0.2) is 0 Å². The molecule has 29 heteroatoms. The molecule has 0 saturated heterocycles. The number of carbonyl (C=O) groups is 2. The summed E-state index contributed by atoms with van der Waals surface area (Å²) >= 11 is 0. The van der Waals surface area contributed by atoms with Crippen LogP contribution in [0.2, 0.25) is 0 Å². The predicted octanol–water partition coefficient (Wildman–Crippen LogP) is -15.1. The number of methoxy groups -OCH3 is 2. The van der Waals surface area contributed by atoms with E-state index in [1.54, 1.807) is 12.1 Å². The number of benzene rings is 2. The molecule has 0 aromatic heterocycles. The fraction of sp³-hybridized carbons (Fsp3) is 0.250. The molecule has 0 aliphatic heterocycles. The molecule has 0 bridgehead atoms. The predicted molar refractivity (Wildman–Crippen MR) is 175 cm³/mol. The minimum absolute atomic E-state index is 0. The summed E-state index contributed by atoms with van der Waals surface area (Å²) < 4.78 is 9.74. The number of aliphatic imine (C=N–C) groups is 4. The molecule has 0 aliphatic carbocycles. The number of carboxylic acid groups (broad SMARTS) is 2. The van der Waals surface area contributed by atoms with Crippen LogP contribution < -0.4 is 40.1 Å². The van der Waals surface area contributed by atoms with Crippen LogP contribution in [0.3, 0.4) is 0 Å². The molecule has 0 unspecified atom stereocenters. The average Bonchev–Trinajstić information content (AvgIpc) is 2.88. The van der Waals surface area contributed by atoms with Crippen molar-refractivity contribution in [2.75, 3.05) is 40.4 Å². The number of hydrogen-bond acceptors (Lipinski definition) is 14. The quantitative estimate of drug-likeness (QED) is 0.0837. The van der Waals surface area contributed by atoms with Crippen LogP contribution in [-0.2, 0) is 93.4 Å². The first-order valence-electron chi connectivity index (χ1n) is 10.6. The van der Waals surface area contributed by atoms with E-state index in [9.17, 15) is 40.2 Å². The summed E-state index contributed by atoms with van der Waals surface area (Å²) in [7, 11) is 2.89. The minimum Gasteiger partial charge on any atom is -0.872 e. The van der Waals surface area contributed by atoms with Crippen molar-refractivity contribution in [2.24, 2.45) is 20.0 Å². The number of aliphatic carboxylic acids is 2. The summed E-state index contributed by atoms with van der Waals surface area (Å²) in [5, 5.41) is 65.3. The van der Waals surface area contributed by atoms with E-state index >= 15 is 0 Å². The zero-order valence-electron chi connectivity index (χ0n) is 27.7. The summed E-state index contributed by atoms with van der Waals surface area (Å²) in [6, 6.07) is 8.78. The van der Waals surface area contributed by atoms with Crippen molar-refractivity contribution in [3.05, 3.63) is 47.5 Å². The zero-order valence-corrected chi connectivity index (χ0v) is 30.6. The van der Waals surface area contributed by atoms with E-state index in [1.165, 1.54) is 50.9 Å². The molecule has 0 fully saturated rings. The van der Waals surface area contributed by atoms with Gasteiger partial charge in [0.1, 0.15) is 11.5 Å². The molecule has 2 rings (SSSR count). The third kappa shape index (κ3) is 44.0. The maximum atomic E-state index is 11.5. The summed E-state index contributed by atoms with van der Waals surface area (Å²) in [5.41, 5.74) is 0.599. The number of nitrogens with zero attached hydrogens (tertiary/aromatic N) is 4. The molecule has 53 heavy (non-hydrogen) atoms. The van der Waals surface area contributed by atoms with Crippen molar-refractivity contribution in [1.82, 2.24) is 0 Å². The van der Waals surface area contributed by atoms with Gasteiger partial charge in [-0.3, -0.25) is 20.0 Å². The molecular weight excluding hydrogens is 882 g/mol. The van der Waals surface area contributed by atoms with Crippen molar-refractivity contribution in [3.8, 4) is 23.0 Å². The van der Waals surface area contributed by atoms with Crippen LogP contribution in [0.5, 0.6) is 23.0 Å². The SMILES string of the molecule is COc1ccc(C=NCC([O-])=NCC(=O)[O-])c([O-])c1.COc1ccc(C=NCC([O-])=NCC(=O)[O-])c([O-])c1.O.O.O.O.O.O.[Co+2].[Cu+2].[Cu+2].[OH3+].[OH3+].[OH3+].[OH3+].[OH3+].[OH3+]. The molecule has 26 nitrogen and oxygen atoms in total. The Morgan fingerprint density at radius 3 is 1.04 bits per heavy atom. The van der Waals surface area contributed by atoms with Crippen LogP contribution in [0, 0.1) is 0 Å². The van der Waals surface area contributed by atoms with Crippen LogP contribution >= 0.6 is 0 Å². The van der Waals surface area contributed by atoms with Gasteiger partial charge in [0.05, 0.1) is 52.3 Å². The molecule has 325 valence electrons. The normalized spacial score (nSPS) is 8.42. The Labute approximate surface area is 332 Å². The fourth-order valence-corrected chi connectivity index (χ4v) is 2.35. The van der Waals surface area contributed by atoms with E-state index in [1.807, 2.05) is 0 Å². The van der Waals surface area contributed by atoms with Gasteiger partial charge in [0, 0.05) is 12.4 Å². The van der Waals surface area contributed by atoms with Gasteiger partial charge in [-0.05, 0) is 47.2 Å². The van der Waals surface area contributed by atoms with Gasteiger partial charge in [-0.1, -0.05) is 23.6 Å². The second kappa shape index (κ2) is 54.7. The van der Waals surface area contributed by atoms with Crippen LogP contribution in [0.25, 0.3) is 0 Å². The fourth-order valence-electron chi connectivity index (χ4n) is 2.35. The monoisotopic (exact) mass is 933 g/mol. The first kappa shape index (κ1) is 97.6. The number of carboxylic acids is 2. The van der Waals surface area contributed by atoms with Gasteiger partial charge < -0.3 is 115 Å². The third-order valence-electron chi connectivity index (χ3n) is 4.12. The van der Waals surface area contributed by atoms with Crippen molar-refractivity contribution in [2.45, 2.75) is 0 Å². The van der Waals surface area contributed by atoms with Crippen LogP contribution in [-0.4, -0.2) is 109 Å². The van der Waals surface area contributed by atoms with E-state index < -0.39 is 36.8 Å². The van der Waals surface area contributed by atoms with Gasteiger partial charge >= 0.3 is 50.9 Å². The number of ether oxygens (including phenoxy) is 2. The van der Waals surface area contributed by atoms with E-state index in [2.05, 4.69) is 20.0 Å². The van der Waals surface area contributed by atoms with E-state index in [0.717, 1.165) is 0 Å². The molecular formula is C24H52CoCu2N4O22+6. The van der Waals surface area contributed by atoms with Crippen molar-refractivity contribution >= 4 is 36.2 Å². The van der Waals surface area contributed by atoms with Gasteiger partial charge in [-0.2, -0.15) is 0 Å². The summed E-state index contributed by atoms with van der Waals surface area (Å²) in [6.45, 7) is -2.02. The van der Waals surface area contributed by atoms with Crippen molar-refractivity contribution in [1.29, 1.82) is 0 Å². The topological polar surface area (TPSA) is 627 Å². The number of hydrogen-bond donors (Lipinski definition) is 0. The van der Waals surface area contributed by atoms with Crippen LogP contribution in [0.1, 0.15) is 11.1 Å². The average molecular weight is 935 g/mol. The van der Waals surface area contributed by atoms with Crippen molar-refractivity contribution in [3.63, 3.8) is 0 Å². The largest absolute Gasteiger partial charge is 2.00 e. The zero-order chi connectivity index (χ0) is 28.5. The maximum Gasteiger partial charge on any atom is 2.00 e. The molecule has 2 aromatic rings. The molecule has 0 amide bonds. The molecule has 0 heterocycles. The Kier molecular flexibility index (Phi) is 101. The van der Waals surface area contributed by atoms with E-state index in [0.29, 0.717) is 22.6 Å². The Morgan fingerprint density at radius 2 is 0.830 bits per heavy atom. The molecule has 0 aliphatic rings. The third-order valence-corrected chi connectivity index (χ3v) is 4.12. The molecule has 30 N–H and O–H groups in total. The summed E-state index contributed by atoms with van der Waals surface area (Å²) in [5.74, 6) is -3.97. The second-order valence-electron chi connectivity index (χ2n) is 6.91. The Hall–Kier alpha value is -4.07. The summed E-state index contributed by atoms with van der Waals surface area (Å²) in [4.78, 5) is 33.9. The first-order chi connectivity index (χ1) is 18.0. The molecule has 0 spiro atoms. The van der Waals surface area contributed by atoms with Crippen LogP contribution in [0.15, 0.2) is 56.4 Å². The maximum absolute atomic E-state index is 11.5. The van der Waals surface area contributed by atoms with Gasteiger partial charge in [0.25, 0.3) is 0 Å². The van der Waals surface area contributed by atoms with Gasteiger partial charge in [-0.15, -0.1) is 0 Å². The van der Waals surface area contributed by atoms with Crippen molar-refractivity contribution < 1.29 is 166 Å². The second-order valence-corrected chi connectivity index (χ2v) is 6.91. The van der Waals surface area contributed by atoms with Gasteiger partial charge in [-0.25, -0.2) is 0 Å². The Balaban J connectivity index is -0.0000000327. The molecule has 0 atom stereocenters. The number of rotatable bonds is 12. The smallest absolute Gasteiger partial charge is 0.872 e. The van der Waals surface area contributed by atoms with Gasteiger partial charge in [0.2, 0.25) is 0 Å². The molecule has 0 saturated carbocycles. The summed E-state index contributed by atoms with van der Waals surface area (Å²) in [6.07, 6.45) is 2.46. The molecule has 2 aromatic carbocycles. The molecule has 3 radical (unpaired) electrons. The Bertz CT molecular complexity index is 1150. The van der Waals surface area contributed by atoms with Crippen LogP contribution in [0.4, 0.5) is 0 Å². The van der Waals surface area contributed by atoms with E-state index in [-0.39, 0.29) is 141 Å². The first-order valence-corrected chi connectivity index (χ1v) is 10.6. The Morgan fingerprint density at radius 1 is 0.566 bits per heavy atom.